The first-order valence-electron chi connectivity index (χ1n) is 6.00. The second-order valence-corrected chi connectivity index (χ2v) is 5.15. The first kappa shape index (κ1) is 13.5. The molecule has 1 saturated heterocycles. The highest BCUT2D eigenvalue weighted by molar-refractivity contribution is 5.72. The number of carbonyl (C=O) groups is 1. The van der Waals surface area contributed by atoms with E-state index in [1.165, 1.54) is 0 Å². The summed E-state index contributed by atoms with van der Waals surface area (Å²) in [5.74, 6) is 0.00916. The smallest absolute Gasteiger partial charge is 0.309 e. The van der Waals surface area contributed by atoms with Crippen molar-refractivity contribution in [3.05, 3.63) is 0 Å². The molecule has 0 spiro atoms. The quantitative estimate of drug-likeness (QED) is 0.584. The summed E-state index contributed by atoms with van der Waals surface area (Å²) < 4.78 is 10.7. The second kappa shape index (κ2) is 6.21. The summed E-state index contributed by atoms with van der Waals surface area (Å²) in [5, 5.41) is 3.22. The third kappa shape index (κ3) is 5.47. The van der Waals surface area contributed by atoms with E-state index in [0.717, 1.165) is 25.9 Å². The SMILES string of the molecule is CC(C)(C)OCCOC(=O)C1CCNCC1. The third-order valence-corrected chi connectivity index (χ3v) is 2.54. The second-order valence-electron chi connectivity index (χ2n) is 5.15. The Hall–Kier alpha value is -0.610. The Bertz CT molecular complexity index is 217. The van der Waals surface area contributed by atoms with E-state index in [-0.39, 0.29) is 17.5 Å². The number of rotatable bonds is 4. The van der Waals surface area contributed by atoms with Crippen molar-refractivity contribution in [3.8, 4) is 0 Å². The Morgan fingerprint density at radius 2 is 1.88 bits per heavy atom. The van der Waals surface area contributed by atoms with Crippen LogP contribution in [0.3, 0.4) is 0 Å². The van der Waals surface area contributed by atoms with Gasteiger partial charge in [-0.15, -0.1) is 0 Å². The van der Waals surface area contributed by atoms with E-state index in [1.54, 1.807) is 0 Å². The van der Waals surface area contributed by atoms with Gasteiger partial charge in [0.05, 0.1) is 18.1 Å². The zero-order valence-electron chi connectivity index (χ0n) is 10.5. The van der Waals surface area contributed by atoms with Gasteiger partial charge >= 0.3 is 5.97 Å². The van der Waals surface area contributed by atoms with Crippen molar-refractivity contribution in [2.24, 2.45) is 5.92 Å². The highest BCUT2D eigenvalue weighted by Gasteiger charge is 2.22. The molecule has 0 amide bonds. The minimum absolute atomic E-state index is 0.0704. The first-order valence-corrected chi connectivity index (χ1v) is 6.00. The maximum absolute atomic E-state index is 11.6. The molecule has 0 unspecified atom stereocenters. The first-order chi connectivity index (χ1) is 7.49. The molecule has 0 atom stereocenters. The normalized spacial score (nSPS) is 18.4. The molecule has 0 aliphatic carbocycles. The van der Waals surface area contributed by atoms with Gasteiger partial charge in [0.1, 0.15) is 6.61 Å². The van der Waals surface area contributed by atoms with Gasteiger partial charge in [0.2, 0.25) is 0 Å². The summed E-state index contributed by atoms with van der Waals surface area (Å²) in [5.41, 5.74) is -0.166. The van der Waals surface area contributed by atoms with Crippen LogP contribution in [-0.2, 0) is 14.3 Å². The van der Waals surface area contributed by atoms with Crippen LogP contribution in [0.25, 0.3) is 0 Å². The van der Waals surface area contributed by atoms with Crippen molar-refractivity contribution in [2.75, 3.05) is 26.3 Å². The maximum atomic E-state index is 11.6. The van der Waals surface area contributed by atoms with Crippen LogP contribution in [-0.4, -0.2) is 37.9 Å². The van der Waals surface area contributed by atoms with E-state index >= 15 is 0 Å². The number of ether oxygens (including phenoxy) is 2. The highest BCUT2D eigenvalue weighted by Crippen LogP contribution is 2.13. The fourth-order valence-electron chi connectivity index (χ4n) is 1.67. The van der Waals surface area contributed by atoms with E-state index in [4.69, 9.17) is 9.47 Å². The molecule has 0 aromatic rings. The summed E-state index contributed by atoms with van der Waals surface area (Å²) in [6.45, 7) is 8.63. The van der Waals surface area contributed by atoms with Gasteiger partial charge in [-0.05, 0) is 46.7 Å². The molecule has 1 heterocycles. The minimum atomic E-state index is -0.166. The van der Waals surface area contributed by atoms with Crippen LogP contribution in [0.5, 0.6) is 0 Å². The van der Waals surface area contributed by atoms with Gasteiger partial charge in [-0.2, -0.15) is 0 Å². The molecule has 0 aromatic carbocycles. The van der Waals surface area contributed by atoms with E-state index < -0.39 is 0 Å². The van der Waals surface area contributed by atoms with Crippen LogP contribution in [0, 0.1) is 5.92 Å². The molecule has 0 bridgehead atoms. The van der Waals surface area contributed by atoms with Crippen LogP contribution >= 0.6 is 0 Å². The Kier molecular flexibility index (Phi) is 5.22. The van der Waals surface area contributed by atoms with Crippen LogP contribution < -0.4 is 5.32 Å². The van der Waals surface area contributed by atoms with Gasteiger partial charge in [-0.1, -0.05) is 0 Å². The van der Waals surface area contributed by atoms with Crippen LogP contribution in [0.1, 0.15) is 33.6 Å². The lowest BCUT2D eigenvalue weighted by molar-refractivity contribution is -0.152. The highest BCUT2D eigenvalue weighted by atomic mass is 16.6. The number of esters is 1. The number of hydrogen-bond donors (Lipinski definition) is 1. The number of hydrogen-bond acceptors (Lipinski definition) is 4. The fraction of sp³-hybridized carbons (Fsp3) is 0.917. The Morgan fingerprint density at radius 1 is 1.25 bits per heavy atom. The summed E-state index contributed by atoms with van der Waals surface area (Å²) in [6, 6.07) is 0. The summed E-state index contributed by atoms with van der Waals surface area (Å²) in [6.07, 6.45) is 1.78. The molecule has 16 heavy (non-hydrogen) atoms. The van der Waals surface area contributed by atoms with Crippen molar-refractivity contribution in [1.82, 2.24) is 5.32 Å². The van der Waals surface area contributed by atoms with Crippen molar-refractivity contribution >= 4 is 5.97 Å². The monoisotopic (exact) mass is 229 g/mol. The molecular formula is C12H23NO3. The lowest BCUT2D eigenvalue weighted by Gasteiger charge is -2.22. The Morgan fingerprint density at radius 3 is 2.44 bits per heavy atom. The molecule has 4 heteroatoms. The predicted octanol–water partition coefficient (Wildman–Crippen LogP) is 1.34. The lowest BCUT2D eigenvalue weighted by Crippen LogP contribution is -2.33. The number of piperidine rings is 1. The van der Waals surface area contributed by atoms with Crippen LogP contribution in [0.15, 0.2) is 0 Å². The van der Waals surface area contributed by atoms with E-state index in [9.17, 15) is 4.79 Å². The molecule has 1 N–H and O–H groups in total. The van der Waals surface area contributed by atoms with Gasteiger partial charge in [0.25, 0.3) is 0 Å². The molecule has 0 aromatic heterocycles. The average Bonchev–Trinajstić information content (AvgIpc) is 2.24. The van der Waals surface area contributed by atoms with Gasteiger partial charge in [-0.25, -0.2) is 0 Å². The lowest BCUT2D eigenvalue weighted by atomic mass is 9.99. The molecular weight excluding hydrogens is 206 g/mol. The largest absolute Gasteiger partial charge is 0.463 e. The van der Waals surface area contributed by atoms with E-state index in [1.807, 2.05) is 20.8 Å². The van der Waals surface area contributed by atoms with Crippen LogP contribution in [0.2, 0.25) is 0 Å². The molecule has 1 fully saturated rings. The Balaban J connectivity index is 2.10. The average molecular weight is 229 g/mol. The molecule has 1 rings (SSSR count). The maximum Gasteiger partial charge on any atom is 0.309 e. The molecule has 0 radical (unpaired) electrons. The molecule has 1 aliphatic rings. The van der Waals surface area contributed by atoms with Crippen molar-refractivity contribution in [1.29, 1.82) is 0 Å². The van der Waals surface area contributed by atoms with Gasteiger partial charge < -0.3 is 14.8 Å². The topological polar surface area (TPSA) is 47.6 Å². The molecule has 4 nitrogen and oxygen atoms in total. The Labute approximate surface area is 97.7 Å². The van der Waals surface area contributed by atoms with Crippen LogP contribution in [0.4, 0.5) is 0 Å². The zero-order chi connectivity index (χ0) is 12.0. The third-order valence-electron chi connectivity index (χ3n) is 2.54. The molecule has 1 aliphatic heterocycles. The van der Waals surface area contributed by atoms with E-state index in [0.29, 0.717) is 13.2 Å². The van der Waals surface area contributed by atoms with Gasteiger partial charge in [0.15, 0.2) is 0 Å². The van der Waals surface area contributed by atoms with Gasteiger partial charge in [-0.3, -0.25) is 4.79 Å². The van der Waals surface area contributed by atoms with Crippen molar-refractivity contribution < 1.29 is 14.3 Å². The summed E-state index contributed by atoms with van der Waals surface area (Å²) in [7, 11) is 0. The fourth-order valence-corrected chi connectivity index (χ4v) is 1.67. The van der Waals surface area contributed by atoms with Crippen molar-refractivity contribution in [3.63, 3.8) is 0 Å². The van der Waals surface area contributed by atoms with Crippen molar-refractivity contribution in [2.45, 2.75) is 39.2 Å². The summed E-state index contributed by atoms with van der Waals surface area (Å²) >= 11 is 0. The number of carbonyl (C=O) groups excluding carboxylic acids is 1. The molecule has 0 saturated carbocycles. The zero-order valence-corrected chi connectivity index (χ0v) is 10.5. The van der Waals surface area contributed by atoms with Gasteiger partial charge in [0, 0.05) is 0 Å². The standard InChI is InChI=1S/C12H23NO3/c1-12(2,3)16-9-8-15-11(14)10-4-6-13-7-5-10/h10,13H,4-9H2,1-3H3. The number of nitrogens with one attached hydrogen (secondary N) is 1. The predicted molar refractivity (Wildman–Crippen MR) is 62.3 cm³/mol. The molecule has 94 valence electrons. The van der Waals surface area contributed by atoms with E-state index in [2.05, 4.69) is 5.32 Å². The summed E-state index contributed by atoms with van der Waals surface area (Å²) in [4.78, 5) is 11.6. The minimum Gasteiger partial charge on any atom is -0.463 e.